The average Bonchev–Trinajstić information content (AvgIpc) is 2.76. The lowest BCUT2D eigenvalue weighted by Gasteiger charge is -2.16. The van der Waals surface area contributed by atoms with Crippen molar-refractivity contribution in [2.45, 2.75) is 26.8 Å². The summed E-state index contributed by atoms with van der Waals surface area (Å²) in [7, 11) is 2.94. The summed E-state index contributed by atoms with van der Waals surface area (Å²) in [5.74, 6) is 0.276. The summed E-state index contributed by atoms with van der Waals surface area (Å²) >= 11 is 6.29. The number of amides is 1. The fourth-order valence-electron chi connectivity index (χ4n) is 2.79. The Bertz CT molecular complexity index is 996. The number of Topliss-reactive ketones (excluding diaryl/α,β-unsaturated/α-hetero) is 1. The Balaban J connectivity index is 2.36. The molecule has 1 amide bonds. The summed E-state index contributed by atoms with van der Waals surface area (Å²) in [6.45, 7) is 5.58. The van der Waals surface area contributed by atoms with Gasteiger partial charge in [-0.3, -0.25) is 9.59 Å². The molecule has 0 heterocycles. The number of ether oxygens (including phenoxy) is 4. The second-order valence-electron chi connectivity index (χ2n) is 6.38. The third kappa shape index (κ3) is 6.10. The summed E-state index contributed by atoms with van der Waals surface area (Å²) in [4.78, 5) is 25.1. The van der Waals surface area contributed by atoms with E-state index in [1.54, 1.807) is 37.3 Å². The third-order valence-corrected chi connectivity index (χ3v) is 4.45. The van der Waals surface area contributed by atoms with Crippen molar-refractivity contribution in [1.82, 2.24) is 0 Å². The van der Waals surface area contributed by atoms with Crippen molar-refractivity contribution in [2.24, 2.45) is 10.2 Å². The lowest BCUT2D eigenvalue weighted by molar-refractivity contribution is -0.126. The van der Waals surface area contributed by atoms with Gasteiger partial charge in [-0.2, -0.15) is 10.2 Å². The summed E-state index contributed by atoms with van der Waals surface area (Å²) in [5.41, 5.74) is 0.565. The smallest absolute Gasteiger partial charge is 0.258 e. The molecule has 2 aromatic carbocycles. The highest BCUT2D eigenvalue weighted by molar-refractivity contribution is 6.33. The molecule has 1 N–H and O–H groups in total. The molecule has 0 spiro atoms. The first kappa shape index (κ1) is 24.9. The van der Waals surface area contributed by atoms with Crippen LogP contribution in [0.4, 0.5) is 11.4 Å². The first-order valence-electron chi connectivity index (χ1n) is 9.88. The summed E-state index contributed by atoms with van der Waals surface area (Å²) in [6.07, 6.45) is 0. The van der Waals surface area contributed by atoms with Gasteiger partial charge in [-0.1, -0.05) is 17.7 Å². The Labute approximate surface area is 191 Å². The Morgan fingerprint density at radius 2 is 1.78 bits per heavy atom. The highest BCUT2D eigenvalue weighted by atomic mass is 35.5. The van der Waals surface area contributed by atoms with E-state index < -0.39 is 17.7 Å². The number of carbonyl (C=O) groups excluding carboxylic acids is 2. The highest BCUT2D eigenvalue weighted by Gasteiger charge is 2.25. The minimum atomic E-state index is -1.41. The lowest BCUT2D eigenvalue weighted by Crippen LogP contribution is -2.32. The topological polar surface area (TPSA) is 108 Å². The van der Waals surface area contributed by atoms with Gasteiger partial charge in [0.1, 0.15) is 11.4 Å². The molecule has 0 aliphatic carbocycles. The Morgan fingerprint density at radius 3 is 2.38 bits per heavy atom. The van der Waals surface area contributed by atoms with Crippen LogP contribution in [0.15, 0.2) is 40.6 Å². The molecule has 0 bridgehead atoms. The van der Waals surface area contributed by atoms with E-state index >= 15 is 0 Å². The van der Waals surface area contributed by atoms with Crippen LogP contribution in [0.1, 0.15) is 20.8 Å². The average molecular weight is 464 g/mol. The van der Waals surface area contributed by atoms with Crippen molar-refractivity contribution in [3.63, 3.8) is 0 Å². The van der Waals surface area contributed by atoms with E-state index in [-0.39, 0.29) is 16.5 Å². The number of azo groups is 1. The lowest BCUT2D eigenvalue weighted by atomic mass is 10.2. The van der Waals surface area contributed by atoms with Crippen molar-refractivity contribution in [2.75, 3.05) is 32.8 Å². The molecule has 0 fully saturated rings. The zero-order valence-corrected chi connectivity index (χ0v) is 19.4. The zero-order valence-electron chi connectivity index (χ0n) is 18.6. The molecule has 9 nitrogen and oxygen atoms in total. The van der Waals surface area contributed by atoms with E-state index in [0.717, 1.165) is 0 Å². The fourth-order valence-corrected chi connectivity index (χ4v) is 3.05. The SMILES string of the molecule is CCOc1cc(Cl)c(OCC)c(NC(=O)C(N=Nc2cccc(OC)c2OC)C(C)=O)c1. The van der Waals surface area contributed by atoms with Crippen LogP contribution in [0.25, 0.3) is 0 Å². The van der Waals surface area contributed by atoms with Gasteiger partial charge in [0, 0.05) is 12.1 Å². The zero-order chi connectivity index (χ0) is 23.7. The van der Waals surface area contributed by atoms with Crippen molar-refractivity contribution in [1.29, 1.82) is 0 Å². The molecule has 0 aliphatic rings. The molecule has 0 saturated heterocycles. The first-order valence-corrected chi connectivity index (χ1v) is 10.3. The molecule has 0 aromatic heterocycles. The predicted molar refractivity (Wildman–Crippen MR) is 121 cm³/mol. The number of hydrogen-bond acceptors (Lipinski definition) is 8. The van der Waals surface area contributed by atoms with Gasteiger partial charge in [-0.05, 0) is 32.9 Å². The van der Waals surface area contributed by atoms with Gasteiger partial charge in [0.25, 0.3) is 5.91 Å². The molecule has 1 unspecified atom stereocenters. The maximum Gasteiger partial charge on any atom is 0.258 e. The number of para-hydroxylation sites is 1. The minimum absolute atomic E-state index is 0.258. The number of hydrogen-bond donors (Lipinski definition) is 1. The van der Waals surface area contributed by atoms with Gasteiger partial charge in [0.15, 0.2) is 23.0 Å². The van der Waals surface area contributed by atoms with Crippen LogP contribution >= 0.6 is 11.6 Å². The number of carbonyl (C=O) groups is 2. The summed E-state index contributed by atoms with van der Waals surface area (Å²) < 4.78 is 21.6. The molecule has 0 saturated carbocycles. The van der Waals surface area contributed by atoms with Gasteiger partial charge < -0.3 is 24.3 Å². The van der Waals surface area contributed by atoms with E-state index in [1.807, 2.05) is 6.92 Å². The van der Waals surface area contributed by atoms with Crippen molar-refractivity contribution < 1.29 is 28.5 Å². The molecular formula is C22H26ClN3O6. The molecule has 2 aromatic rings. The quantitative estimate of drug-likeness (QED) is 0.377. The van der Waals surface area contributed by atoms with Crippen LogP contribution in [0.5, 0.6) is 23.0 Å². The van der Waals surface area contributed by atoms with Gasteiger partial charge in [-0.15, -0.1) is 0 Å². The third-order valence-electron chi connectivity index (χ3n) is 4.17. The number of rotatable bonds is 11. The maximum atomic E-state index is 12.9. The number of halogens is 1. The Kier molecular flexibility index (Phi) is 9.27. The number of methoxy groups -OCH3 is 2. The molecule has 2 rings (SSSR count). The predicted octanol–water partition coefficient (Wildman–Crippen LogP) is 4.83. The van der Waals surface area contributed by atoms with E-state index in [0.29, 0.717) is 36.1 Å². The number of anilines is 1. The van der Waals surface area contributed by atoms with E-state index in [9.17, 15) is 9.59 Å². The summed E-state index contributed by atoms with van der Waals surface area (Å²) in [5, 5.41) is 10.9. The Hall–Kier alpha value is -3.33. The molecule has 32 heavy (non-hydrogen) atoms. The molecule has 10 heteroatoms. The molecule has 0 aliphatic heterocycles. The summed E-state index contributed by atoms with van der Waals surface area (Å²) in [6, 6.07) is 6.75. The van der Waals surface area contributed by atoms with Gasteiger partial charge in [-0.25, -0.2) is 0 Å². The standard InChI is InChI=1S/C22H26ClN3O6/c1-6-31-14-11-15(23)20(32-7-2)17(12-14)24-22(28)19(13(3)27)26-25-16-9-8-10-18(29-4)21(16)30-5/h8-12,19H,6-7H2,1-5H3,(H,24,28). The minimum Gasteiger partial charge on any atom is -0.494 e. The van der Waals surface area contributed by atoms with Gasteiger partial charge in [0.05, 0.1) is 38.1 Å². The normalized spacial score (nSPS) is 11.7. The largest absolute Gasteiger partial charge is 0.494 e. The van der Waals surface area contributed by atoms with Crippen LogP contribution in [0, 0.1) is 0 Å². The maximum absolute atomic E-state index is 12.9. The number of benzene rings is 2. The molecule has 1 atom stereocenters. The van der Waals surface area contributed by atoms with E-state index in [2.05, 4.69) is 15.5 Å². The van der Waals surface area contributed by atoms with Crippen molar-refractivity contribution >= 4 is 34.7 Å². The first-order chi connectivity index (χ1) is 15.4. The van der Waals surface area contributed by atoms with Crippen molar-refractivity contribution in [3.05, 3.63) is 35.4 Å². The van der Waals surface area contributed by atoms with Crippen LogP contribution in [0.3, 0.4) is 0 Å². The second kappa shape index (κ2) is 11.9. The van der Waals surface area contributed by atoms with Gasteiger partial charge in [0.2, 0.25) is 6.04 Å². The van der Waals surface area contributed by atoms with E-state index in [1.165, 1.54) is 21.1 Å². The fraction of sp³-hybridized carbons (Fsp3) is 0.364. The second-order valence-corrected chi connectivity index (χ2v) is 6.79. The van der Waals surface area contributed by atoms with Crippen molar-refractivity contribution in [3.8, 4) is 23.0 Å². The van der Waals surface area contributed by atoms with Crippen LogP contribution in [0.2, 0.25) is 5.02 Å². The molecule has 172 valence electrons. The van der Waals surface area contributed by atoms with E-state index in [4.69, 9.17) is 30.5 Å². The monoisotopic (exact) mass is 463 g/mol. The number of nitrogens with one attached hydrogen (secondary N) is 1. The Morgan fingerprint density at radius 1 is 1.06 bits per heavy atom. The van der Waals surface area contributed by atoms with Gasteiger partial charge >= 0.3 is 0 Å². The van der Waals surface area contributed by atoms with Crippen LogP contribution < -0.4 is 24.3 Å². The molecular weight excluding hydrogens is 438 g/mol. The molecule has 0 radical (unpaired) electrons. The highest BCUT2D eigenvalue weighted by Crippen LogP contribution is 2.38. The number of nitrogens with zero attached hydrogens (tertiary/aromatic N) is 2. The van der Waals surface area contributed by atoms with Crippen LogP contribution in [-0.4, -0.2) is 45.2 Å². The van der Waals surface area contributed by atoms with Crippen LogP contribution in [-0.2, 0) is 9.59 Å². The number of ketones is 1.